The maximum Gasteiger partial charge on any atom is 0.305 e. The minimum absolute atomic E-state index is 0.0868. The van der Waals surface area contributed by atoms with Gasteiger partial charge in [0.1, 0.15) is 0 Å². The number of nitrogens with one attached hydrogen (secondary N) is 1. The first-order chi connectivity index (χ1) is 8.05. The summed E-state index contributed by atoms with van der Waals surface area (Å²) >= 11 is 0. The Kier molecular flexibility index (Phi) is 5.92. The van der Waals surface area contributed by atoms with Gasteiger partial charge in [0.2, 0.25) is 0 Å². The van der Waals surface area contributed by atoms with Crippen molar-refractivity contribution in [2.24, 2.45) is 11.8 Å². The van der Waals surface area contributed by atoms with Crippen molar-refractivity contribution in [3.8, 4) is 0 Å². The lowest BCUT2D eigenvalue weighted by atomic mass is 9.91. The first-order valence-electron chi connectivity index (χ1n) is 6.51. The molecular weight excluding hydrogens is 216 g/mol. The summed E-state index contributed by atoms with van der Waals surface area (Å²) in [5.41, 5.74) is 0. The third-order valence-corrected chi connectivity index (χ3v) is 3.33. The monoisotopic (exact) mass is 242 g/mol. The molecule has 1 heterocycles. The Morgan fingerprint density at radius 2 is 2.18 bits per heavy atom. The van der Waals surface area contributed by atoms with Crippen molar-refractivity contribution in [3.63, 3.8) is 0 Å². The van der Waals surface area contributed by atoms with Crippen LogP contribution >= 0.6 is 0 Å². The van der Waals surface area contributed by atoms with Gasteiger partial charge in [-0.25, -0.2) is 0 Å². The van der Waals surface area contributed by atoms with Gasteiger partial charge in [0.05, 0.1) is 7.11 Å². The summed E-state index contributed by atoms with van der Waals surface area (Å²) in [5, 5.41) is 3.33. The van der Waals surface area contributed by atoms with Crippen LogP contribution in [-0.4, -0.2) is 50.7 Å². The highest BCUT2D eigenvalue weighted by Gasteiger charge is 2.28. The second kappa shape index (κ2) is 6.97. The molecule has 1 rings (SSSR count). The molecular formula is C13H26N2O2. The molecule has 0 spiro atoms. The Labute approximate surface area is 105 Å². The van der Waals surface area contributed by atoms with Crippen LogP contribution in [0.1, 0.15) is 26.7 Å². The second-order valence-corrected chi connectivity index (χ2v) is 5.48. The highest BCUT2D eigenvalue weighted by Crippen LogP contribution is 2.21. The molecule has 4 heteroatoms. The average Bonchev–Trinajstić information content (AvgIpc) is 2.27. The van der Waals surface area contributed by atoms with Crippen molar-refractivity contribution < 1.29 is 9.53 Å². The van der Waals surface area contributed by atoms with E-state index in [1.807, 2.05) is 7.05 Å². The zero-order valence-corrected chi connectivity index (χ0v) is 11.5. The number of carbonyl (C=O) groups is 1. The van der Waals surface area contributed by atoms with Gasteiger partial charge in [0.25, 0.3) is 0 Å². The number of ether oxygens (including phenoxy) is 1. The number of esters is 1. The first-order valence-corrected chi connectivity index (χ1v) is 6.51. The van der Waals surface area contributed by atoms with Crippen LogP contribution < -0.4 is 5.32 Å². The molecule has 0 amide bonds. The van der Waals surface area contributed by atoms with E-state index in [1.165, 1.54) is 7.11 Å². The normalized spacial score (nSPS) is 26.2. The van der Waals surface area contributed by atoms with Gasteiger partial charge in [-0.05, 0) is 25.3 Å². The highest BCUT2D eigenvalue weighted by molar-refractivity contribution is 5.69. The molecule has 1 aliphatic heterocycles. The quantitative estimate of drug-likeness (QED) is 0.734. The van der Waals surface area contributed by atoms with Crippen molar-refractivity contribution in [2.45, 2.75) is 32.7 Å². The second-order valence-electron chi connectivity index (χ2n) is 5.48. The first kappa shape index (κ1) is 14.5. The summed E-state index contributed by atoms with van der Waals surface area (Å²) in [7, 11) is 3.46. The Hall–Kier alpha value is -0.610. The summed E-state index contributed by atoms with van der Waals surface area (Å²) < 4.78 is 4.76. The van der Waals surface area contributed by atoms with E-state index in [9.17, 15) is 4.79 Å². The van der Waals surface area contributed by atoms with E-state index in [-0.39, 0.29) is 5.97 Å². The molecule has 1 aliphatic rings. The third-order valence-electron chi connectivity index (χ3n) is 3.33. The Morgan fingerprint density at radius 1 is 1.47 bits per heavy atom. The number of hydrogen-bond donors (Lipinski definition) is 1. The van der Waals surface area contributed by atoms with E-state index >= 15 is 0 Å². The minimum Gasteiger partial charge on any atom is -0.469 e. The molecule has 0 bridgehead atoms. The summed E-state index contributed by atoms with van der Waals surface area (Å²) in [6.07, 6.45) is 1.61. The largest absolute Gasteiger partial charge is 0.469 e. The predicted octanol–water partition coefficient (Wildman–Crippen LogP) is 1.12. The van der Waals surface area contributed by atoms with Crippen LogP contribution in [0.5, 0.6) is 0 Å². The molecule has 0 aromatic heterocycles. The fraction of sp³-hybridized carbons (Fsp3) is 0.923. The molecule has 2 unspecified atom stereocenters. The van der Waals surface area contributed by atoms with Gasteiger partial charge in [-0.15, -0.1) is 0 Å². The smallest absolute Gasteiger partial charge is 0.305 e. The van der Waals surface area contributed by atoms with Crippen LogP contribution in [0.4, 0.5) is 0 Å². The molecule has 17 heavy (non-hydrogen) atoms. The minimum atomic E-state index is -0.0868. The molecule has 1 fully saturated rings. The summed E-state index contributed by atoms with van der Waals surface area (Å²) in [4.78, 5) is 13.8. The molecule has 4 nitrogen and oxygen atoms in total. The zero-order chi connectivity index (χ0) is 12.8. The van der Waals surface area contributed by atoms with Crippen molar-refractivity contribution in [3.05, 3.63) is 0 Å². The number of rotatable bonds is 5. The molecule has 2 atom stereocenters. The number of nitrogens with zero attached hydrogens (tertiary/aromatic N) is 1. The molecule has 100 valence electrons. The Morgan fingerprint density at radius 3 is 2.71 bits per heavy atom. The van der Waals surface area contributed by atoms with E-state index in [1.54, 1.807) is 0 Å². The number of likely N-dealkylation sites (tertiary alicyclic amines) is 1. The number of methoxy groups -OCH3 is 1. The van der Waals surface area contributed by atoms with Gasteiger partial charge in [0.15, 0.2) is 0 Å². The summed E-state index contributed by atoms with van der Waals surface area (Å²) in [5.74, 6) is 1.01. The highest BCUT2D eigenvalue weighted by atomic mass is 16.5. The van der Waals surface area contributed by atoms with Crippen LogP contribution in [-0.2, 0) is 9.53 Å². The van der Waals surface area contributed by atoms with Crippen molar-refractivity contribution in [1.29, 1.82) is 0 Å². The van der Waals surface area contributed by atoms with Gasteiger partial charge in [-0.3, -0.25) is 4.79 Å². The van der Waals surface area contributed by atoms with Gasteiger partial charge in [0, 0.05) is 32.1 Å². The molecule has 0 radical (unpaired) electrons. The van der Waals surface area contributed by atoms with E-state index in [0.717, 1.165) is 26.1 Å². The summed E-state index contributed by atoms with van der Waals surface area (Å²) in [6, 6.07) is 0.497. The van der Waals surface area contributed by atoms with Crippen LogP contribution in [0.3, 0.4) is 0 Å². The van der Waals surface area contributed by atoms with E-state index in [2.05, 4.69) is 24.1 Å². The molecule has 0 saturated carbocycles. The van der Waals surface area contributed by atoms with Crippen LogP contribution in [0.2, 0.25) is 0 Å². The maximum absolute atomic E-state index is 11.3. The lowest BCUT2D eigenvalue weighted by molar-refractivity contribution is -0.142. The number of piperidine rings is 1. The van der Waals surface area contributed by atoms with E-state index in [0.29, 0.717) is 24.3 Å². The molecule has 0 aromatic carbocycles. The van der Waals surface area contributed by atoms with E-state index < -0.39 is 0 Å². The van der Waals surface area contributed by atoms with Gasteiger partial charge < -0.3 is 15.0 Å². The fourth-order valence-corrected chi connectivity index (χ4v) is 2.64. The Bertz CT molecular complexity index is 244. The number of likely N-dealkylation sites (N-methyl/N-ethyl adjacent to an activating group) is 1. The Balaban J connectivity index is 2.50. The SMILES string of the molecule is CNC1CC(CC(=O)OC)CN(CC(C)C)C1. The maximum atomic E-state index is 11.3. The third kappa shape index (κ3) is 5.04. The zero-order valence-electron chi connectivity index (χ0n) is 11.5. The standard InChI is InChI=1S/C13H26N2O2/c1-10(2)7-15-8-11(6-13(16)17-4)5-12(9-15)14-3/h10-12,14H,5-9H2,1-4H3. The fourth-order valence-electron chi connectivity index (χ4n) is 2.64. The number of hydrogen-bond acceptors (Lipinski definition) is 4. The van der Waals surface area contributed by atoms with Crippen LogP contribution in [0.15, 0.2) is 0 Å². The van der Waals surface area contributed by atoms with Gasteiger partial charge in [-0.2, -0.15) is 0 Å². The lowest BCUT2D eigenvalue weighted by Gasteiger charge is -2.38. The predicted molar refractivity (Wildman–Crippen MR) is 68.9 cm³/mol. The molecule has 0 aromatic rings. The number of carbonyl (C=O) groups excluding carboxylic acids is 1. The van der Waals surface area contributed by atoms with Gasteiger partial charge in [-0.1, -0.05) is 13.8 Å². The van der Waals surface area contributed by atoms with Crippen molar-refractivity contribution in [2.75, 3.05) is 33.8 Å². The van der Waals surface area contributed by atoms with Gasteiger partial charge >= 0.3 is 5.97 Å². The molecule has 1 N–H and O–H groups in total. The molecule has 1 saturated heterocycles. The lowest BCUT2D eigenvalue weighted by Crippen LogP contribution is -2.49. The molecule has 0 aliphatic carbocycles. The average molecular weight is 242 g/mol. The van der Waals surface area contributed by atoms with Crippen molar-refractivity contribution in [1.82, 2.24) is 10.2 Å². The van der Waals surface area contributed by atoms with Crippen LogP contribution in [0, 0.1) is 11.8 Å². The van der Waals surface area contributed by atoms with Crippen molar-refractivity contribution >= 4 is 5.97 Å². The van der Waals surface area contributed by atoms with E-state index in [4.69, 9.17) is 4.74 Å². The topological polar surface area (TPSA) is 41.6 Å². The van der Waals surface area contributed by atoms with Crippen LogP contribution in [0.25, 0.3) is 0 Å². The summed E-state index contributed by atoms with van der Waals surface area (Å²) in [6.45, 7) is 7.68.